The van der Waals surface area contributed by atoms with Crippen molar-refractivity contribution in [3.63, 3.8) is 0 Å². The van der Waals surface area contributed by atoms with Gasteiger partial charge in [-0.2, -0.15) is 8.42 Å². The predicted octanol–water partition coefficient (Wildman–Crippen LogP) is 1.82. The van der Waals surface area contributed by atoms with Crippen LogP contribution in [0.5, 0.6) is 0 Å². The summed E-state index contributed by atoms with van der Waals surface area (Å²) in [6.45, 7) is 1.50. The maximum Gasteiger partial charge on any atom is 0.279 e. The lowest BCUT2D eigenvalue weighted by Crippen LogP contribution is -2.15. The first-order chi connectivity index (χ1) is 9.42. The monoisotopic (exact) mass is 296 g/mol. The Kier molecular flexibility index (Phi) is 4.01. The minimum absolute atomic E-state index is 0.127. The number of aliphatic hydroxyl groups excluding tert-OH is 1. The van der Waals surface area contributed by atoms with Crippen molar-refractivity contribution >= 4 is 15.7 Å². The van der Waals surface area contributed by atoms with Gasteiger partial charge in [-0.3, -0.25) is 4.72 Å². The molecule has 106 valence electrons. The molecule has 1 heterocycles. The van der Waals surface area contributed by atoms with Crippen LogP contribution in [0.15, 0.2) is 41.6 Å². The molecule has 20 heavy (non-hydrogen) atoms. The summed E-state index contributed by atoms with van der Waals surface area (Å²) in [6, 6.07) is 6.82. The van der Waals surface area contributed by atoms with Gasteiger partial charge in [0.15, 0.2) is 5.03 Å². The number of halogens is 1. The first kappa shape index (κ1) is 14.4. The first-order valence-corrected chi connectivity index (χ1v) is 7.25. The standard InChI is InChI=1S/C13H13FN2O3S/c1-9-2-4-11(14)12(6-9)16-20(18,19)13-5-3-10(8-17)7-15-13/h2-7,16-17H,8H2,1H3. The lowest BCUT2D eigenvalue weighted by Gasteiger charge is -2.09. The van der Waals surface area contributed by atoms with Crippen LogP contribution in [0.25, 0.3) is 0 Å². The van der Waals surface area contributed by atoms with Crippen molar-refractivity contribution in [3.8, 4) is 0 Å². The molecule has 0 saturated heterocycles. The second-order valence-electron chi connectivity index (χ2n) is 4.25. The van der Waals surface area contributed by atoms with Crippen LogP contribution in [0.2, 0.25) is 0 Å². The summed E-state index contributed by atoms with van der Waals surface area (Å²) in [5.74, 6) is -0.661. The van der Waals surface area contributed by atoms with Crippen molar-refractivity contribution in [2.24, 2.45) is 0 Å². The summed E-state index contributed by atoms with van der Waals surface area (Å²) in [5.41, 5.74) is 1.09. The van der Waals surface area contributed by atoms with Gasteiger partial charge in [0, 0.05) is 6.20 Å². The number of anilines is 1. The lowest BCUT2D eigenvalue weighted by atomic mass is 10.2. The maximum absolute atomic E-state index is 13.6. The van der Waals surface area contributed by atoms with Gasteiger partial charge in [0.05, 0.1) is 12.3 Å². The third kappa shape index (κ3) is 3.12. The van der Waals surface area contributed by atoms with E-state index in [0.29, 0.717) is 5.56 Å². The highest BCUT2D eigenvalue weighted by Gasteiger charge is 2.17. The molecule has 1 aromatic heterocycles. The van der Waals surface area contributed by atoms with E-state index >= 15 is 0 Å². The molecule has 1 aromatic carbocycles. The topological polar surface area (TPSA) is 79.3 Å². The molecule has 0 atom stereocenters. The summed E-state index contributed by atoms with van der Waals surface area (Å²) < 4.78 is 39.8. The number of hydrogen-bond donors (Lipinski definition) is 2. The number of nitrogens with zero attached hydrogens (tertiary/aromatic N) is 1. The normalized spacial score (nSPS) is 11.3. The van der Waals surface area contributed by atoms with Gasteiger partial charge in [0.1, 0.15) is 5.82 Å². The third-order valence-corrected chi connectivity index (χ3v) is 3.90. The Balaban J connectivity index is 2.32. The van der Waals surface area contributed by atoms with E-state index in [-0.39, 0.29) is 17.3 Å². The Hall–Kier alpha value is -1.99. The third-order valence-electron chi connectivity index (χ3n) is 2.62. The van der Waals surface area contributed by atoms with Crippen LogP contribution >= 0.6 is 0 Å². The van der Waals surface area contributed by atoms with Crippen LogP contribution in [0.3, 0.4) is 0 Å². The Bertz CT molecular complexity index is 715. The van der Waals surface area contributed by atoms with Crippen molar-refractivity contribution in [1.82, 2.24) is 4.98 Å². The first-order valence-electron chi connectivity index (χ1n) is 5.77. The number of aryl methyl sites for hydroxylation is 1. The average Bonchev–Trinajstić information content (AvgIpc) is 2.43. The van der Waals surface area contributed by atoms with Crippen LogP contribution in [-0.2, 0) is 16.6 Å². The molecule has 2 aromatic rings. The van der Waals surface area contributed by atoms with E-state index in [4.69, 9.17) is 5.11 Å². The minimum Gasteiger partial charge on any atom is -0.392 e. The van der Waals surface area contributed by atoms with E-state index in [0.717, 1.165) is 5.56 Å². The summed E-state index contributed by atoms with van der Waals surface area (Å²) in [7, 11) is -3.96. The van der Waals surface area contributed by atoms with Crippen LogP contribution in [0.4, 0.5) is 10.1 Å². The highest BCUT2D eigenvalue weighted by molar-refractivity contribution is 7.92. The lowest BCUT2D eigenvalue weighted by molar-refractivity contribution is 0.281. The Morgan fingerprint density at radius 3 is 2.65 bits per heavy atom. The fourth-order valence-electron chi connectivity index (χ4n) is 1.58. The SMILES string of the molecule is Cc1ccc(F)c(NS(=O)(=O)c2ccc(CO)cn2)c1. The van der Waals surface area contributed by atoms with Gasteiger partial charge in [-0.15, -0.1) is 0 Å². The molecule has 0 aliphatic carbocycles. The molecule has 0 aliphatic heterocycles. The molecule has 5 nitrogen and oxygen atoms in total. The number of benzene rings is 1. The van der Waals surface area contributed by atoms with Crippen molar-refractivity contribution in [2.75, 3.05) is 4.72 Å². The van der Waals surface area contributed by atoms with Crippen LogP contribution in [-0.4, -0.2) is 18.5 Å². The maximum atomic E-state index is 13.6. The molecule has 0 radical (unpaired) electrons. The molecule has 0 bridgehead atoms. The van der Waals surface area contributed by atoms with Gasteiger partial charge < -0.3 is 5.11 Å². The van der Waals surface area contributed by atoms with E-state index < -0.39 is 15.8 Å². The smallest absolute Gasteiger partial charge is 0.279 e. The van der Waals surface area contributed by atoms with Crippen molar-refractivity contribution in [3.05, 3.63) is 53.5 Å². The molecule has 0 spiro atoms. The molecule has 0 aliphatic rings. The number of aromatic nitrogens is 1. The highest BCUT2D eigenvalue weighted by Crippen LogP contribution is 2.19. The second-order valence-corrected chi connectivity index (χ2v) is 5.88. The summed E-state index contributed by atoms with van der Waals surface area (Å²) >= 11 is 0. The number of nitrogens with one attached hydrogen (secondary N) is 1. The molecule has 0 fully saturated rings. The molecular weight excluding hydrogens is 283 g/mol. The Morgan fingerprint density at radius 1 is 1.30 bits per heavy atom. The Morgan fingerprint density at radius 2 is 2.05 bits per heavy atom. The average molecular weight is 296 g/mol. The number of aliphatic hydroxyl groups is 1. The van der Waals surface area contributed by atoms with Gasteiger partial charge in [-0.25, -0.2) is 9.37 Å². The quantitative estimate of drug-likeness (QED) is 0.902. The zero-order valence-corrected chi connectivity index (χ0v) is 11.5. The number of rotatable bonds is 4. The van der Waals surface area contributed by atoms with Crippen molar-refractivity contribution < 1.29 is 17.9 Å². The predicted molar refractivity (Wildman–Crippen MR) is 72.1 cm³/mol. The molecular formula is C13H13FN2O3S. The molecule has 7 heteroatoms. The van der Waals surface area contributed by atoms with Crippen LogP contribution in [0, 0.1) is 12.7 Å². The van der Waals surface area contributed by atoms with Crippen LogP contribution < -0.4 is 4.72 Å². The van der Waals surface area contributed by atoms with Crippen LogP contribution in [0.1, 0.15) is 11.1 Å². The van der Waals surface area contributed by atoms with E-state index in [1.165, 1.54) is 30.5 Å². The molecule has 0 amide bonds. The highest BCUT2D eigenvalue weighted by atomic mass is 32.2. The van der Waals surface area contributed by atoms with Crippen molar-refractivity contribution in [1.29, 1.82) is 0 Å². The molecule has 0 unspecified atom stereocenters. The Labute approximate surface area is 116 Å². The largest absolute Gasteiger partial charge is 0.392 e. The zero-order valence-electron chi connectivity index (χ0n) is 10.7. The zero-order chi connectivity index (χ0) is 14.8. The molecule has 0 saturated carbocycles. The minimum atomic E-state index is -3.96. The van der Waals surface area contributed by atoms with Gasteiger partial charge in [0.2, 0.25) is 0 Å². The summed E-state index contributed by atoms with van der Waals surface area (Å²) in [6.07, 6.45) is 1.25. The van der Waals surface area contributed by atoms with Gasteiger partial charge >= 0.3 is 0 Å². The summed E-state index contributed by atoms with van der Waals surface area (Å²) in [5, 5.41) is 8.64. The fourth-order valence-corrected chi connectivity index (χ4v) is 2.57. The second kappa shape index (κ2) is 5.56. The van der Waals surface area contributed by atoms with Crippen molar-refractivity contribution in [2.45, 2.75) is 18.6 Å². The van der Waals surface area contributed by atoms with Gasteiger partial charge in [0.25, 0.3) is 10.0 Å². The number of pyridine rings is 1. The van der Waals surface area contributed by atoms with E-state index in [9.17, 15) is 12.8 Å². The van der Waals surface area contributed by atoms with Gasteiger partial charge in [-0.05, 0) is 36.2 Å². The van der Waals surface area contributed by atoms with E-state index in [1.54, 1.807) is 13.0 Å². The summed E-state index contributed by atoms with van der Waals surface area (Å²) in [4.78, 5) is 3.74. The number of hydrogen-bond acceptors (Lipinski definition) is 4. The van der Waals surface area contributed by atoms with E-state index in [2.05, 4.69) is 9.71 Å². The van der Waals surface area contributed by atoms with Gasteiger partial charge in [-0.1, -0.05) is 12.1 Å². The molecule has 2 N–H and O–H groups in total. The fraction of sp³-hybridized carbons (Fsp3) is 0.154. The molecule has 2 rings (SSSR count). The number of sulfonamides is 1. The van der Waals surface area contributed by atoms with E-state index in [1.807, 2.05) is 0 Å².